The van der Waals surface area contributed by atoms with Crippen molar-refractivity contribution in [1.82, 2.24) is 0 Å². The maximum absolute atomic E-state index is 12.3. The molecule has 0 aliphatic heterocycles. The summed E-state index contributed by atoms with van der Waals surface area (Å²) in [6.07, 6.45) is 6.71. The van der Waals surface area contributed by atoms with E-state index in [0.29, 0.717) is 17.6 Å². The van der Waals surface area contributed by atoms with Crippen molar-refractivity contribution in [1.29, 1.82) is 0 Å². The van der Waals surface area contributed by atoms with Gasteiger partial charge in [-0.2, -0.15) is 0 Å². The zero-order valence-corrected chi connectivity index (χ0v) is 9.63. The average molecular weight is 192 g/mol. The zero-order valence-electron chi connectivity index (χ0n) is 9.63. The summed E-state index contributed by atoms with van der Waals surface area (Å²) in [4.78, 5) is 12.3. The molecule has 0 unspecified atom stereocenters. The first kappa shape index (κ1) is 9.95. The Morgan fingerprint density at radius 1 is 1.29 bits per heavy atom. The SMILES string of the molecule is CC1(C)C[C@@H]2C=CC[C@@H]2C(C)(C)C1=O. The summed E-state index contributed by atoms with van der Waals surface area (Å²) < 4.78 is 0. The van der Waals surface area contributed by atoms with Gasteiger partial charge in [0.1, 0.15) is 5.78 Å². The van der Waals surface area contributed by atoms with Crippen LogP contribution in [0.5, 0.6) is 0 Å². The number of hydrogen-bond acceptors (Lipinski definition) is 1. The van der Waals surface area contributed by atoms with Crippen molar-refractivity contribution >= 4 is 5.78 Å². The minimum absolute atomic E-state index is 0.126. The highest BCUT2D eigenvalue weighted by molar-refractivity contribution is 5.90. The Bertz CT molecular complexity index is 296. The number of carbonyl (C=O) groups excluding carboxylic acids is 1. The highest BCUT2D eigenvalue weighted by atomic mass is 16.1. The molecule has 0 heterocycles. The van der Waals surface area contributed by atoms with E-state index in [0.717, 1.165) is 12.8 Å². The lowest BCUT2D eigenvalue weighted by molar-refractivity contribution is -0.145. The summed E-state index contributed by atoms with van der Waals surface area (Å²) in [6.45, 7) is 8.45. The minimum atomic E-state index is -0.129. The first-order valence-electron chi connectivity index (χ1n) is 5.57. The Balaban J connectivity index is 2.37. The van der Waals surface area contributed by atoms with Crippen LogP contribution in [0.2, 0.25) is 0 Å². The molecular formula is C13H20O. The lowest BCUT2D eigenvalue weighted by Gasteiger charge is -2.46. The van der Waals surface area contributed by atoms with E-state index in [4.69, 9.17) is 0 Å². The summed E-state index contributed by atoms with van der Waals surface area (Å²) in [5.74, 6) is 1.65. The van der Waals surface area contributed by atoms with Crippen molar-refractivity contribution in [2.75, 3.05) is 0 Å². The van der Waals surface area contributed by atoms with Crippen molar-refractivity contribution in [3.63, 3.8) is 0 Å². The van der Waals surface area contributed by atoms with Gasteiger partial charge in [-0.25, -0.2) is 0 Å². The molecule has 0 aromatic carbocycles. The number of Topliss-reactive ketones (excluding diaryl/α,β-unsaturated/α-hetero) is 1. The van der Waals surface area contributed by atoms with E-state index < -0.39 is 0 Å². The van der Waals surface area contributed by atoms with Crippen LogP contribution in [-0.2, 0) is 4.79 Å². The van der Waals surface area contributed by atoms with Gasteiger partial charge >= 0.3 is 0 Å². The van der Waals surface area contributed by atoms with Crippen molar-refractivity contribution in [2.24, 2.45) is 22.7 Å². The highest BCUT2D eigenvalue weighted by Crippen LogP contribution is 2.53. The minimum Gasteiger partial charge on any atom is -0.298 e. The Labute approximate surface area is 86.6 Å². The molecule has 2 atom stereocenters. The molecule has 1 fully saturated rings. The number of hydrogen-bond donors (Lipinski definition) is 0. The first-order chi connectivity index (χ1) is 6.36. The first-order valence-corrected chi connectivity index (χ1v) is 5.57. The van der Waals surface area contributed by atoms with Crippen LogP contribution >= 0.6 is 0 Å². The molecule has 0 bridgehead atoms. The molecule has 1 saturated carbocycles. The summed E-state index contributed by atoms with van der Waals surface area (Å²) in [5.41, 5.74) is -0.255. The predicted molar refractivity (Wildman–Crippen MR) is 57.9 cm³/mol. The van der Waals surface area contributed by atoms with Gasteiger partial charge in [-0.3, -0.25) is 4.79 Å². The van der Waals surface area contributed by atoms with Crippen molar-refractivity contribution in [2.45, 2.75) is 40.5 Å². The van der Waals surface area contributed by atoms with Crippen LogP contribution in [0.15, 0.2) is 12.2 Å². The Kier molecular flexibility index (Phi) is 1.93. The van der Waals surface area contributed by atoms with Gasteiger partial charge in [-0.05, 0) is 24.7 Å². The quantitative estimate of drug-likeness (QED) is 0.539. The van der Waals surface area contributed by atoms with Crippen LogP contribution < -0.4 is 0 Å². The third kappa shape index (κ3) is 1.18. The molecule has 0 aromatic heterocycles. The standard InChI is InChI=1S/C13H20O/c1-12(2)8-9-6-5-7-10(9)13(3,4)11(12)14/h5-6,9-10H,7-8H2,1-4H3/t9-,10-/m0/s1. The van der Waals surface area contributed by atoms with Crippen LogP contribution in [0, 0.1) is 22.7 Å². The van der Waals surface area contributed by atoms with E-state index in [1.807, 2.05) is 0 Å². The van der Waals surface area contributed by atoms with Gasteiger partial charge in [0.2, 0.25) is 0 Å². The smallest absolute Gasteiger partial charge is 0.144 e. The Morgan fingerprint density at radius 3 is 2.57 bits per heavy atom. The fourth-order valence-corrected chi connectivity index (χ4v) is 3.47. The molecule has 0 radical (unpaired) electrons. The normalized spacial score (nSPS) is 38.4. The second-order valence-corrected chi connectivity index (χ2v) is 6.07. The van der Waals surface area contributed by atoms with Crippen molar-refractivity contribution in [3.8, 4) is 0 Å². The van der Waals surface area contributed by atoms with Gasteiger partial charge < -0.3 is 0 Å². The number of carbonyl (C=O) groups is 1. The van der Waals surface area contributed by atoms with E-state index in [9.17, 15) is 4.79 Å². The number of fused-ring (bicyclic) bond motifs is 1. The Hall–Kier alpha value is -0.590. The van der Waals surface area contributed by atoms with Crippen molar-refractivity contribution < 1.29 is 4.79 Å². The molecule has 0 amide bonds. The molecule has 1 heteroatoms. The molecule has 2 aliphatic carbocycles. The van der Waals surface area contributed by atoms with Gasteiger partial charge in [-0.1, -0.05) is 39.8 Å². The third-order valence-electron chi connectivity index (χ3n) is 4.16. The van der Waals surface area contributed by atoms with Crippen molar-refractivity contribution in [3.05, 3.63) is 12.2 Å². The largest absolute Gasteiger partial charge is 0.298 e. The van der Waals surface area contributed by atoms with Gasteiger partial charge in [0.05, 0.1) is 0 Å². The van der Waals surface area contributed by atoms with E-state index in [1.165, 1.54) is 0 Å². The van der Waals surface area contributed by atoms with Gasteiger partial charge in [0, 0.05) is 10.8 Å². The van der Waals surface area contributed by atoms with Crippen LogP contribution in [0.3, 0.4) is 0 Å². The summed E-state index contributed by atoms with van der Waals surface area (Å²) in [7, 11) is 0. The monoisotopic (exact) mass is 192 g/mol. The van der Waals surface area contributed by atoms with E-state index in [2.05, 4.69) is 39.8 Å². The van der Waals surface area contributed by atoms with Gasteiger partial charge in [0.15, 0.2) is 0 Å². The van der Waals surface area contributed by atoms with Gasteiger partial charge in [0.25, 0.3) is 0 Å². The zero-order chi connectivity index (χ0) is 10.6. The van der Waals surface area contributed by atoms with Crippen LogP contribution in [0.4, 0.5) is 0 Å². The fourth-order valence-electron chi connectivity index (χ4n) is 3.47. The van der Waals surface area contributed by atoms with Crippen LogP contribution in [0.25, 0.3) is 0 Å². The van der Waals surface area contributed by atoms with E-state index >= 15 is 0 Å². The molecule has 0 saturated heterocycles. The lowest BCUT2D eigenvalue weighted by Crippen LogP contribution is -2.49. The third-order valence-corrected chi connectivity index (χ3v) is 4.16. The molecule has 2 aliphatic rings. The van der Waals surface area contributed by atoms with E-state index in [-0.39, 0.29) is 10.8 Å². The van der Waals surface area contributed by atoms with Crippen LogP contribution in [-0.4, -0.2) is 5.78 Å². The number of allylic oxidation sites excluding steroid dienone is 2. The molecule has 0 spiro atoms. The lowest BCUT2D eigenvalue weighted by atomic mass is 9.56. The topological polar surface area (TPSA) is 17.1 Å². The maximum atomic E-state index is 12.3. The predicted octanol–water partition coefficient (Wildman–Crippen LogP) is 3.20. The number of rotatable bonds is 0. The average Bonchev–Trinajstić information content (AvgIpc) is 2.49. The molecule has 2 rings (SSSR count). The summed E-state index contributed by atoms with van der Waals surface area (Å²) in [5, 5.41) is 0. The van der Waals surface area contributed by atoms with Gasteiger partial charge in [-0.15, -0.1) is 0 Å². The summed E-state index contributed by atoms with van der Waals surface area (Å²) >= 11 is 0. The molecule has 0 aromatic rings. The van der Waals surface area contributed by atoms with E-state index in [1.54, 1.807) is 0 Å². The Morgan fingerprint density at radius 2 is 1.93 bits per heavy atom. The van der Waals surface area contributed by atoms with Crippen LogP contribution in [0.1, 0.15) is 40.5 Å². The fraction of sp³-hybridized carbons (Fsp3) is 0.769. The number of ketones is 1. The second kappa shape index (κ2) is 2.71. The second-order valence-electron chi connectivity index (χ2n) is 6.07. The highest BCUT2D eigenvalue weighted by Gasteiger charge is 2.52. The molecule has 78 valence electrons. The maximum Gasteiger partial charge on any atom is 0.144 e. The molecular weight excluding hydrogens is 172 g/mol. The molecule has 1 nitrogen and oxygen atoms in total. The molecule has 14 heavy (non-hydrogen) atoms. The summed E-state index contributed by atoms with van der Waals surface area (Å²) in [6, 6.07) is 0. The molecule has 0 N–H and O–H groups in total.